The lowest BCUT2D eigenvalue weighted by Gasteiger charge is -2.30. The third-order valence-corrected chi connectivity index (χ3v) is 3.83. The lowest BCUT2D eigenvalue weighted by Crippen LogP contribution is -2.40. The van der Waals surface area contributed by atoms with Crippen molar-refractivity contribution in [2.24, 2.45) is 0 Å². The minimum Gasteiger partial charge on any atom is -0.459 e. The van der Waals surface area contributed by atoms with E-state index in [0.29, 0.717) is 6.10 Å². The predicted octanol–water partition coefficient (Wildman–Crippen LogP) is 2.37. The Bertz CT molecular complexity index is 579. The van der Waals surface area contributed by atoms with Crippen molar-refractivity contribution in [2.75, 3.05) is 26.7 Å². The maximum absolute atomic E-state index is 6.07. The highest BCUT2D eigenvalue weighted by atomic mass is 16.5. The molecule has 4 heteroatoms. The van der Waals surface area contributed by atoms with Crippen LogP contribution in [-0.4, -0.2) is 37.7 Å². The van der Waals surface area contributed by atoms with Crippen molar-refractivity contribution < 1.29 is 9.15 Å². The normalized spacial score (nSPS) is 20.6. The van der Waals surface area contributed by atoms with E-state index in [1.807, 2.05) is 19.2 Å². The first kappa shape index (κ1) is 13.6. The summed E-state index contributed by atoms with van der Waals surface area (Å²) in [5, 5.41) is 4.47. The van der Waals surface area contributed by atoms with E-state index in [-0.39, 0.29) is 0 Å². The van der Waals surface area contributed by atoms with Gasteiger partial charge in [0.25, 0.3) is 0 Å². The first-order valence-corrected chi connectivity index (χ1v) is 7.25. The summed E-state index contributed by atoms with van der Waals surface area (Å²) in [5.41, 5.74) is 2.26. The smallest absolute Gasteiger partial charge is 0.134 e. The lowest BCUT2D eigenvalue weighted by atomic mass is 10.1. The van der Waals surface area contributed by atoms with Crippen LogP contribution in [0.2, 0.25) is 0 Å². The van der Waals surface area contributed by atoms with Crippen molar-refractivity contribution in [3.63, 3.8) is 0 Å². The fourth-order valence-corrected chi connectivity index (χ4v) is 2.89. The number of rotatable bonds is 4. The van der Waals surface area contributed by atoms with Crippen LogP contribution in [0.5, 0.6) is 0 Å². The summed E-state index contributed by atoms with van der Waals surface area (Å²) in [6.07, 6.45) is 0.306. The van der Waals surface area contributed by atoms with E-state index in [1.165, 1.54) is 10.9 Å². The molecular weight excluding hydrogens is 252 g/mol. The van der Waals surface area contributed by atoms with Crippen molar-refractivity contribution in [3.05, 3.63) is 35.6 Å². The molecule has 0 radical (unpaired) electrons. The number of nitrogens with zero attached hydrogens (tertiary/aromatic N) is 1. The molecule has 1 aromatic carbocycles. The molecule has 1 aliphatic heterocycles. The molecule has 0 spiro atoms. The Morgan fingerprint density at radius 1 is 1.35 bits per heavy atom. The summed E-state index contributed by atoms with van der Waals surface area (Å²) < 4.78 is 11.7. The summed E-state index contributed by atoms with van der Waals surface area (Å²) in [4.78, 5) is 2.41. The largest absolute Gasteiger partial charge is 0.459 e. The van der Waals surface area contributed by atoms with Crippen LogP contribution in [0.25, 0.3) is 11.0 Å². The molecule has 2 heterocycles. The Hall–Kier alpha value is -1.36. The molecule has 4 nitrogen and oxygen atoms in total. The molecule has 0 aliphatic carbocycles. The minimum atomic E-state index is 0.306. The number of hydrogen-bond donors (Lipinski definition) is 1. The van der Waals surface area contributed by atoms with Crippen LogP contribution in [0, 0.1) is 0 Å². The Kier molecular flexibility index (Phi) is 4.05. The Balaban J connectivity index is 1.87. The van der Waals surface area contributed by atoms with Gasteiger partial charge in [-0.25, -0.2) is 0 Å². The summed E-state index contributed by atoms with van der Waals surface area (Å²) >= 11 is 0. The van der Waals surface area contributed by atoms with Crippen LogP contribution in [0.3, 0.4) is 0 Å². The molecule has 0 saturated carbocycles. The molecule has 1 unspecified atom stereocenters. The van der Waals surface area contributed by atoms with Gasteiger partial charge in [0.05, 0.1) is 19.3 Å². The zero-order valence-electron chi connectivity index (χ0n) is 12.2. The quantitative estimate of drug-likeness (QED) is 0.929. The average molecular weight is 274 g/mol. The van der Waals surface area contributed by atoms with Gasteiger partial charge in [-0.1, -0.05) is 18.2 Å². The summed E-state index contributed by atoms with van der Waals surface area (Å²) in [6.45, 7) is 6.57. The predicted molar refractivity (Wildman–Crippen MR) is 79.7 cm³/mol. The van der Waals surface area contributed by atoms with Crippen molar-refractivity contribution in [1.82, 2.24) is 10.2 Å². The maximum Gasteiger partial charge on any atom is 0.134 e. The monoisotopic (exact) mass is 274 g/mol. The topological polar surface area (TPSA) is 37.6 Å². The zero-order valence-corrected chi connectivity index (χ0v) is 12.2. The molecule has 1 aromatic heterocycles. The first-order valence-electron chi connectivity index (χ1n) is 7.25. The highest BCUT2D eigenvalue weighted by Crippen LogP contribution is 2.27. The van der Waals surface area contributed by atoms with E-state index in [1.54, 1.807) is 0 Å². The number of nitrogens with one attached hydrogen (secondary N) is 1. The molecule has 0 amide bonds. The van der Waals surface area contributed by atoms with Crippen molar-refractivity contribution >= 4 is 11.0 Å². The number of morpholine rings is 1. The standard InChI is InChI=1S/C16H22N2O2/c1-12-10-18(7-8-19-12)11-16-14(9-17-2)13-5-3-4-6-15(13)20-16/h3-6,12,17H,7-11H2,1-2H3. The van der Waals surface area contributed by atoms with Crippen molar-refractivity contribution in [1.29, 1.82) is 0 Å². The summed E-state index contributed by atoms with van der Waals surface area (Å²) in [6, 6.07) is 8.27. The van der Waals surface area contributed by atoms with Gasteiger partial charge in [-0.15, -0.1) is 0 Å². The molecular formula is C16H22N2O2. The van der Waals surface area contributed by atoms with Crippen LogP contribution in [0.15, 0.2) is 28.7 Å². The molecule has 108 valence electrons. The third kappa shape index (κ3) is 2.73. The maximum atomic E-state index is 6.07. The van der Waals surface area contributed by atoms with Gasteiger partial charge in [-0.3, -0.25) is 4.90 Å². The number of ether oxygens (including phenoxy) is 1. The van der Waals surface area contributed by atoms with Crippen LogP contribution in [0.4, 0.5) is 0 Å². The van der Waals surface area contributed by atoms with Gasteiger partial charge < -0.3 is 14.5 Å². The van der Waals surface area contributed by atoms with Crippen LogP contribution in [-0.2, 0) is 17.8 Å². The first-order chi connectivity index (χ1) is 9.78. The van der Waals surface area contributed by atoms with Crippen molar-refractivity contribution in [2.45, 2.75) is 26.1 Å². The van der Waals surface area contributed by atoms with E-state index in [4.69, 9.17) is 9.15 Å². The molecule has 0 bridgehead atoms. The van der Waals surface area contributed by atoms with E-state index >= 15 is 0 Å². The second-order valence-corrected chi connectivity index (χ2v) is 5.45. The Morgan fingerprint density at radius 3 is 3.00 bits per heavy atom. The van der Waals surface area contributed by atoms with Gasteiger partial charge in [0.1, 0.15) is 11.3 Å². The lowest BCUT2D eigenvalue weighted by molar-refractivity contribution is -0.0230. The molecule has 1 saturated heterocycles. The average Bonchev–Trinajstić information content (AvgIpc) is 2.77. The fraction of sp³-hybridized carbons (Fsp3) is 0.500. The summed E-state index contributed by atoms with van der Waals surface area (Å²) in [5.74, 6) is 1.08. The Labute approximate surface area is 119 Å². The molecule has 2 aromatic rings. The van der Waals surface area contributed by atoms with Gasteiger partial charge in [0.15, 0.2) is 0 Å². The van der Waals surface area contributed by atoms with Crippen LogP contribution >= 0.6 is 0 Å². The molecule has 1 aliphatic rings. The van der Waals surface area contributed by atoms with Crippen LogP contribution < -0.4 is 5.32 Å². The number of fused-ring (bicyclic) bond motifs is 1. The molecule has 3 rings (SSSR count). The van der Waals surface area contributed by atoms with Gasteiger partial charge >= 0.3 is 0 Å². The van der Waals surface area contributed by atoms with E-state index in [2.05, 4.69) is 29.3 Å². The highest BCUT2D eigenvalue weighted by Gasteiger charge is 2.20. The number of benzene rings is 1. The number of hydrogen-bond acceptors (Lipinski definition) is 4. The minimum absolute atomic E-state index is 0.306. The molecule has 1 N–H and O–H groups in total. The number of para-hydroxylation sites is 1. The van der Waals surface area contributed by atoms with Gasteiger partial charge in [-0.05, 0) is 20.0 Å². The van der Waals surface area contributed by atoms with E-state index < -0.39 is 0 Å². The summed E-state index contributed by atoms with van der Waals surface area (Å²) in [7, 11) is 1.97. The number of furan rings is 1. The van der Waals surface area contributed by atoms with Gasteiger partial charge in [0.2, 0.25) is 0 Å². The van der Waals surface area contributed by atoms with E-state index in [9.17, 15) is 0 Å². The second kappa shape index (κ2) is 5.95. The van der Waals surface area contributed by atoms with Gasteiger partial charge in [0, 0.05) is 30.6 Å². The SMILES string of the molecule is CNCc1c(CN2CCOC(C)C2)oc2ccccc12. The highest BCUT2D eigenvalue weighted by molar-refractivity contribution is 5.82. The Morgan fingerprint density at radius 2 is 2.20 bits per heavy atom. The molecule has 1 atom stereocenters. The van der Waals surface area contributed by atoms with Crippen molar-refractivity contribution in [3.8, 4) is 0 Å². The van der Waals surface area contributed by atoms with Crippen LogP contribution in [0.1, 0.15) is 18.2 Å². The fourth-order valence-electron chi connectivity index (χ4n) is 2.89. The van der Waals surface area contributed by atoms with E-state index in [0.717, 1.165) is 44.1 Å². The zero-order chi connectivity index (χ0) is 13.9. The molecule has 1 fully saturated rings. The second-order valence-electron chi connectivity index (χ2n) is 5.45. The molecule has 20 heavy (non-hydrogen) atoms. The van der Waals surface area contributed by atoms with Gasteiger partial charge in [-0.2, -0.15) is 0 Å². The third-order valence-electron chi connectivity index (χ3n) is 3.83.